The van der Waals surface area contributed by atoms with Crippen molar-refractivity contribution in [2.75, 3.05) is 32.7 Å². The molecule has 1 aromatic carbocycles. The van der Waals surface area contributed by atoms with Crippen LogP contribution in [0.2, 0.25) is 0 Å². The van der Waals surface area contributed by atoms with Gasteiger partial charge < -0.3 is 10.0 Å². The van der Waals surface area contributed by atoms with Crippen LogP contribution in [0, 0.1) is 5.82 Å². The zero-order valence-electron chi connectivity index (χ0n) is 13.3. The normalized spacial score (nSPS) is 16.4. The van der Waals surface area contributed by atoms with Crippen LogP contribution in [0.4, 0.5) is 4.39 Å². The Morgan fingerprint density at radius 1 is 1.17 bits per heavy atom. The summed E-state index contributed by atoms with van der Waals surface area (Å²) >= 11 is 1.57. The molecule has 0 unspecified atom stereocenters. The predicted molar refractivity (Wildman–Crippen MR) is 91.5 cm³/mol. The largest absolute Gasteiger partial charge is 0.481 e. The zero-order valence-corrected chi connectivity index (χ0v) is 14.1. The van der Waals surface area contributed by atoms with E-state index in [4.69, 9.17) is 5.11 Å². The molecular formula is C17H20FN3O2S. The quantitative estimate of drug-likeness (QED) is 0.869. The van der Waals surface area contributed by atoms with Gasteiger partial charge >= 0.3 is 5.97 Å². The van der Waals surface area contributed by atoms with Crippen molar-refractivity contribution in [3.63, 3.8) is 0 Å². The summed E-state index contributed by atoms with van der Waals surface area (Å²) in [5.74, 6) is -0.982. The second kappa shape index (κ2) is 7.83. The van der Waals surface area contributed by atoms with Crippen LogP contribution in [0.15, 0.2) is 29.6 Å². The van der Waals surface area contributed by atoms with Gasteiger partial charge in [0, 0.05) is 50.2 Å². The first-order chi connectivity index (χ1) is 11.6. The Hall–Kier alpha value is -1.83. The Morgan fingerprint density at radius 2 is 1.83 bits per heavy atom. The Kier molecular flexibility index (Phi) is 5.55. The van der Waals surface area contributed by atoms with E-state index in [1.165, 1.54) is 12.1 Å². The molecule has 2 aromatic rings. The van der Waals surface area contributed by atoms with Gasteiger partial charge in [0.2, 0.25) is 0 Å². The van der Waals surface area contributed by atoms with Crippen LogP contribution in [0.25, 0.3) is 10.6 Å². The van der Waals surface area contributed by atoms with Gasteiger partial charge in [0.05, 0.1) is 12.1 Å². The van der Waals surface area contributed by atoms with Gasteiger partial charge in [0.25, 0.3) is 0 Å². The number of benzene rings is 1. The van der Waals surface area contributed by atoms with Gasteiger partial charge in [-0.2, -0.15) is 0 Å². The second-order valence-electron chi connectivity index (χ2n) is 5.91. The van der Waals surface area contributed by atoms with Crippen molar-refractivity contribution >= 4 is 17.3 Å². The molecule has 0 bridgehead atoms. The summed E-state index contributed by atoms with van der Waals surface area (Å²) in [6.45, 7) is 5.04. The number of piperazine rings is 1. The first-order valence-electron chi connectivity index (χ1n) is 7.97. The van der Waals surface area contributed by atoms with Crippen molar-refractivity contribution in [2.45, 2.75) is 13.0 Å². The zero-order chi connectivity index (χ0) is 16.9. The van der Waals surface area contributed by atoms with Crippen LogP contribution >= 0.6 is 11.3 Å². The Bertz CT molecular complexity index is 681. The number of nitrogens with zero attached hydrogens (tertiary/aromatic N) is 3. The third-order valence-corrected chi connectivity index (χ3v) is 5.08. The Balaban J connectivity index is 1.51. The smallest absolute Gasteiger partial charge is 0.304 e. The number of rotatable bonds is 6. The van der Waals surface area contributed by atoms with E-state index in [2.05, 4.69) is 20.2 Å². The molecule has 7 heteroatoms. The standard InChI is InChI=1S/C17H20FN3O2S/c18-14-3-1-13(2-4-14)17-19-15(12-24-17)11-21-9-7-20(8-10-21)6-5-16(22)23/h1-4,12H,5-11H2,(H,22,23). The lowest BCUT2D eigenvalue weighted by Crippen LogP contribution is -2.46. The molecule has 1 saturated heterocycles. The Labute approximate surface area is 144 Å². The predicted octanol–water partition coefficient (Wildman–Crippen LogP) is 2.54. The molecule has 24 heavy (non-hydrogen) atoms. The molecule has 1 fully saturated rings. The van der Waals surface area contributed by atoms with Crippen molar-refractivity contribution in [3.05, 3.63) is 41.2 Å². The lowest BCUT2D eigenvalue weighted by atomic mass is 10.2. The molecule has 0 aliphatic carbocycles. The minimum atomic E-state index is -0.742. The molecule has 5 nitrogen and oxygen atoms in total. The number of carbonyl (C=O) groups is 1. The van der Waals surface area contributed by atoms with E-state index >= 15 is 0 Å². The Morgan fingerprint density at radius 3 is 2.50 bits per heavy atom. The molecular weight excluding hydrogens is 329 g/mol. The first kappa shape index (κ1) is 17.0. The van der Waals surface area contributed by atoms with E-state index < -0.39 is 5.97 Å². The van der Waals surface area contributed by atoms with E-state index in [-0.39, 0.29) is 12.2 Å². The van der Waals surface area contributed by atoms with Gasteiger partial charge in [-0.05, 0) is 24.3 Å². The molecule has 3 rings (SSSR count). The van der Waals surface area contributed by atoms with Gasteiger partial charge in [-0.25, -0.2) is 9.37 Å². The summed E-state index contributed by atoms with van der Waals surface area (Å²) in [5, 5.41) is 11.7. The number of aromatic nitrogens is 1. The molecule has 2 heterocycles. The van der Waals surface area contributed by atoms with Crippen LogP contribution in [0.5, 0.6) is 0 Å². The lowest BCUT2D eigenvalue weighted by Gasteiger charge is -2.34. The van der Waals surface area contributed by atoms with Gasteiger partial charge in [-0.15, -0.1) is 11.3 Å². The molecule has 128 valence electrons. The number of carboxylic acid groups (broad SMARTS) is 1. The van der Waals surface area contributed by atoms with Gasteiger partial charge in [0.15, 0.2) is 0 Å². The molecule has 1 aliphatic rings. The van der Waals surface area contributed by atoms with Crippen molar-refractivity contribution in [1.82, 2.24) is 14.8 Å². The number of hydrogen-bond acceptors (Lipinski definition) is 5. The van der Waals surface area contributed by atoms with Crippen molar-refractivity contribution in [2.24, 2.45) is 0 Å². The van der Waals surface area contributed by atoms with Crippen LogP contribution < -0.4 is 0 Å². The van der Waals surface area contributed by atoms with Crippen LogP contribution in [0.1, 0.15) is 12.1 Å². The average molecular weight is 349 g/mol. The molecule has 0 saturated carbocycles. The molecule has 1 aliphatic heterocycles. The molecule has 1 N–H and O–H groups in total. The van der Waals surface area contributed by atoms with Crippen LogP contribution in [-0.4, -0.2) is 58.6 Å². The number of hydrogen-bond donors (Lipinski definition) is 1. The van der Waals surface area contributed by atoms with Crippen LogP contribution in [-0.2, 0) is 11.3 Å². The highest BCUT2D eigenvalue weighted by atomic mass is 32.1. The third-order valence-electron chi connectivity index (χ3n) is 4.14. The highest BCUT2D eigenvalue weighted by molar-refractivity contribution is 7.13. The minimum Gasteiger partial charge on any atom is -0.481 e. The summed E-state index contributed by atoms with van der Waals surface area (Å²) in [5.41, 5.74) is 1.96. The van der Waals surface area contributed by atoms with Gasteiger partial charge in [0.1, 0.15) is 10.8 Å². The first-order valence-corrected chi connectivity index (χ1v) is 8.85. The number of thiazole rings is 1. The fraction of sp³-hybridized carbons (Fsp3) is 0.412. The van der Waals surface area contributed by atoms with Gasteiger partial charge in [-0.3, -0.25) is 9.69 Å². The SMILES string of the molecule is O=C(O)CCN1CCN(Cc2csc(-c3ccc(F)cc3)n2)CC1. The van der Waals surface area contributed by atoms with Crippen molar-refractivity contribution in [1.29, 1.82) is 0 Å². The highest BCUT2D eigenvalue weighted by Gasteiger charge is 2.18. The molecule has 0 radical (unpaired) electrons. The number of halogens is 1. The van der Waals surface area contributed by atoms with Crippen molar-refractivity contribution in [3.8, 4) is 10.6 Å². The highest BCUT2D eigenvalue weighted by Crippen LogP contribution is 2.24. The van der Waals surface area contributed by atoms with E-state index in [0.29, 0.717) is 6.54 Å². The summed E-state index contributed by atoms with van der Waals surface area (Å²) in [6.07, 6.45) is 0.202. The molecule has 1 aromatic heterocycles. The number of aliphatic carboxylic acids is 1. The maximum atomic E-state index is 13.0. The lowest BCUT2D eigenvalue weighted by molar-refractivity contribution is -0.137. The average Bonchev–Trinajstić information content (AvgIpc) is 3.03. The topological polar surface area (TPSA) is 56.7 Å². The minimum absolute atomic E-state index is 0.202. The monoisotopic (exact) mass is 349 g/mol. The van der Waals surface area contributed by atoms with E-state index in [0.717, 1.165) is 49.0 Å². The van der Waals surface area contributed by atoms with E-state index in [1.807, 2.05) is 0 Å². The number of carboxylic acids is 1. The van der Waals surface area contributed by atoms with E-state index in [9.17, 15) is 9.18 Å². The van der Waals surface area contributed by atoms with Gasteiger partial charge in [-0.1, -0.05) is 0 Å². The maximum absolute atomic E-state index is 13.0. The van der Waals surface area contributed by atoms with Crippen LogP contribution in [0.3, 0.4) is 0 Å². The summed E-state index contributed by atoms with van der Waals surface area (Å²) < 4.78 is 13.0. The fourth-order valence-corrected chi connectivity index (χ4v) is 3.58. The molecule has 0 spiro atoms. The molecule has 0 amide bonds. The maximum Gasteiger partial charge on any atom is 0.304 e. The summed E-state index contributed by atoms with van der Waals surface area (Å²) in [6, 6.07) is 6.40. The third kappa shape index (κ3) is 4.59. The fourth-order valence-electron chi connectivity index (χ4n) is 2.76. The summed E-state index contributed by atoms with van der Waals surface area (Å²) in [7, 11) is 0. The molecule has 0 atom stereocenters. The van der Waals surface area contributed by atoms with E-state index in [1.54, 1.807) is 23.5 Å². The van der Waals surface area contributed by atoms with Crippen molar-refractivity contribution < 1.29 is 14.3 Å². The second-order valence-corrected chi connectivity index (χ2v) is 6.77. The summed E-state index contributed by atoms with van der Waals surface area (Å²) in [4.78, 5) is 19.8.